The van der Waals surface area contributed by atoms with Crippen LogP contribution in [0.25, 0.3) is 17.3 Å². The van der Waals surface area contributed by atoms with Crippen molar-refractivity contribution in [2.24, 2.45) is 0 Å². The molecule has 3 nitrogen and oxygen atoms in total. The number of hydrogen-bond acceptors (Lipinski definition) is 2. The second kappa shape index (κ2) is 4.09. The van der Waals surface area contributed by atoms with E-state index in [1.165, 1.54) is 5.56 Å². The maximum atomic E-state index is 4.30. The summed E-state index contributed by atoms with van der Waals surface area (Å²) in [5.41, 5.74) is 4.29. The van der Waals surface area contributed by atoms with Gasteiger partial charge in [-0.25, -0.2) is 0 Å². The van der Waals surface area contributed by atoms with Crippen molar-refractivity contribution in [1.82, 2.24) is 15.2 Å². The van der Waals surface area contributed by atoms with Gasteiger partial charge in [0.1, 0.15) is 0 Å². The third-order valence-electron chi connectivity index (χ3n) is 2.41. The lowest BCUT2D eigenvalue weighted by atomic mass is 10.1. The van der Waals surface area contributed by atoms with Crippen molar-refractivity contribution >= 4 is 6.08 Å². The van der Waals surface area contributed by atoms with Gasteiger partial charge in [-0.15, -0.1) is 0 Å². The first-order valence-electron chi connectivity index (χ1n) is 4.97. The fourth-order valence-corrected chi connectivity index (χ4v) is 1.65. The van der Waals surface area contributed by atoms with Gasteiger partial charge in [0.25, 0.3) is 0 Å². The second-order valence-corrected chi connectivity index (χ2v) is 3.26. The fraction of sp³-hybridized carbons (Fsp3) is 0.167. The highest BCUT2D eigenvalue weighted by molar-refractivity contribution is 5.67. The smallest absolute Gasteiger partial charge is 0.0959 e. The van der Waals surface area contributed by atoms with E-state index in [0.29, 0.717) is 0 Å². The Labute approximate surface area is 88.9 Å². The Morgan fingerprint density at radius 2 is 2.13 bits per heavy atom. The first-order valence-corrected chi connectivity index (χ1v) is 4.97. The van der Waals surface area contributed by atoms with Crippen LogP contribution in [-0.2, 0) is 6.42 Å². The Morgan fingerprint density at radius 3 is 2.73 bits per heavy atom. The Hall–Kier alpha value is -1.90. The summed E-state index contributed by atoms with van der Waals surface area (Å²) in [6, 6.07) is 3.92. The first-order chi connectivity index (χ1) is 7.36. The summed E-state index contributed by atoms with van der Waals surface area (Å²) < 4.78 is 0. The van der Waals surface area contributed by atoms with E-state index in [4.69, 9.17) is 0 Å². The molecule has 0 unspecified atom stereocenters. The third kappa shape index (κ3) is 1.68. The van der Waals surface area contributed by atoms with Crippen LogP contribution in [0, 0.1) is 0 Å². The van der Waals surface area contributed by atoms with Crippen LogP contribution in [0.4, 0.5) is 0 Å². The summed E-state index contributed by atoms with van der Waals surface area (Å²) in [4.78, 5) is 4.00. The number of nitrogens with one attached hydrogen (secondary N) is 1. The van der Waals surface area contributed by atoms with Crippen molar-refractivity contribution in [3.8, 4) is 11.3 Å². The Kier molecular flexibility index (Phi) is 2.63. The average molecular weight is 199 g/mol. The lowest BCUT2D eigenvalue weighted by Crippen LogP contribution is -1.86. The largest absolute Gasteiger partial charge is 0.278 e. The molecular weight excluding hydrogens is 186 g/mol. The van der Waals surface area contributed by atoms with E-state index in [1.54, 1.807) is 18.5 Å². The zero-order valence-corrected chi connectivity index (χ0v) is 8.70. The highest BCUT2D eigenvalue weighted by atomic mass is 15.1. The van der Waals surface area contributed by atoms with Crippen LogP contribution >= 0.6 is 0 Å². The standard InChI is InChI=1S/C12H13N3/c1-3-10-11(4-2)14-15-12(10)9-5-7-13-8-6-9/h4-8H,2-3H2,1H3,(H,14,15). The van der Waals surface area contributed by atoms with Gasteiger partial charge >= 0.3 is 0 Å². The van der Waals surface area contributed by atoms with E-state index in [2.05, 4.69) is 28.7 Å². The van der Waals surface area contributed by atoms with Crippen LogP contribution in [0.15, 0.2) is 31.1 Å². The van der Waals surface area contributed by atoms with Gasteiger partial charge in [-0.2, -0.15) is 5.10 Å². The zero-order valence-electron chi connectivity index (χ0n) is 8.70. The average Bonchev–Trinajstić information content (AvgIpc) is 2.72. The van der Waals surface area contributed by atoms with Crippen LogP contribution in [-0.4, -0.2) is 15.2 Å². The highest BCUT2D eigenvalue weighted by Crippen LogP contribution is 2.24. The van der Waals surface area contributed by atoms with Crippen LogP contribution in [0.2, 0.25) is 0 Å². The predicted octanol–water partition coefficient (Wildman–Crippen LogP) is 2.68. The minimum Gasteiger partial charge on any atom is -0.278 e. The number of nitrogens with zero attached hydrogens (tertiary/aromatic N) is 2. The molecular formula is C12H13N3. The lowest BCUT2D eigenvalue weighted by molar-refractivity contribution is 1.08. The molecule has 15 heavy (non-hydrogen) atoms. The molecule has 0 aliphatic carbocycles. The molecule has 0 aliphatic heterocycles. The number of pyridine rings is 1. The van der Waals surface area contributed by atoms with Crippen LogP contribution < -0.4 is 0 Å². The molecule has 0 aromatic carbocycles. The summed E-state index contributed by atoms with van der Waals surface area (Å²) in [5.74, 6) is 0. The summed E-state index contributed by atoms with van der Waals surface area (Å²) >= 11 is 0. The molecule has 0 atom stereocenters. The van der Waals surface area contributed by atoms with E-state index in [0.717, 1.165) is 23.4 Å². The van der Waals surface area contributed by atoms with E-state index in [-0.39, 0.29) is 0 Å². The summed E-state index contributed by atoms with van der Waals surface area (Å²) in [5, 5.41) is 7.29. The van der Waals surface area contributed by atoms with Crippen LogP contribution in [0.1, 0.15) is 18.2 Å². The maximum Gasteiger partial charge on any atom is 0.0959 e. The van der Waals surface area contributed by atoms with Crippen molar-refractivity contribution in [3.05, 3.63) is 42.4 Å². The molecule has 76 valence electrons. The van der Waals surface area contributed by atoms with Gasteiger partial charge in [-0.1, -0.05) is 13.5 Å². The van der Waals surface area contributed by atoms with Crippen LogP contribution in [0.3, 0.4) is 0 Å². The Balaban J connectivity index is 2.54. The quantitative estimate of drug-likeness (QED) is 0.825. The number of hydrogen-bond donors (Lipinski definition) is 1. The molecule has 3 heteroatoms. The molecule has 0 fully saturated rings. The van der Waals surface area contributed by atoms with Crippen molar-refractivity contribution in [1.29, 1.82) is 0 Å². The van der Waals surface area contributed by atoms with Crippen molar-refractivity contribution in [2.75, 3.05) is 0 Å². The lowest BCUT2D eigenvalue weighted by Gasteiger charge is -1.99. The molecule has 0 saturated heterocycles. The fourth-order valence-electron chi connectivity index (χ4n) is 1.65. The van der Waals surface area contributed by atoms with Crippen molar-refractivity contribution in [3.63, 3.8) is 0 Å². The molecule has 1 N–H and O–H groups in total. The van der Waals surface area contributed by atoms with E-state index >= 15 is 0 Å². The molecule has 2 aromatic rings. The minimum absolute atomic E-state index is 0.940. The molecule has 0 radical (unpaired) electrons. The normalized spacial score (nSPS) is 10.2. The molecule has 2 heterocycles. The second-order valence-electron chi connectivity index (χ2n) is 3.26. The Bertz CT molecular complexity index is 457. The molecule has 0 aliphatic rings. The van der Waals surface area contributed by atoms with Gasteiger partial charge in [0.15, 0.2) is 0 Å². The van der Waals surface area contributed by atoms with Gasteiger partial charge in [0.2, 0.25) is 0 Å². The molecule has 0 amide bonds. The summed E-state index contributed by atoms with van der Waals surface area (Å²) in [7, 11) is 0. The van der Waals surface area contributed by atoms with Gasteiger partial charge in [0, 0.05) is 23.5 Å². The minimum atomic E-state index is 0.940. The molecule has 2 rings (SSSR count). The highest BCUT2D eigenvalue weighted by Gasteiger charge is 2.10. The van der Waals surface area contributed by atoms with Gasteiger partial charge in [0.05, 0.1) is 11.4 Å². The predicted molar refractivity (Wildman–Crippen MR) is 61.3 cm³/mol. The monoisotopic (exact) mass is 199 g/mol. The number of rotatable bonds is 3. The molecule has 0 bridgehead atoms. The maximum absolute atomic E-state index is 4.30. The first kappa shape index (κ1) is 9.65. The zero-order chi connectivity index (χ0) is 10.7. The van der Waals surface area contributed by atoms with Gasteiger partial charge in [-0.05, 0) is 24.6 Å². The number of aromatic nitrogens is 3. The number of H-pyrrole nitrogens is 1. The SMILES string of the molecule is C=Cc1[nH]nc(-c2ccncc2)c1CC. The Morgan fingerprint density at radius 1 is 1.40 bits per heavy atom. The topological polar surface area (TPSA) is 41.6 Å². The summed E-state index contributed by atoms with van der Waals surface area (Å²) in [6.07, 6.45) is 6.29. The molecule has 0 saturated carbocycles. The van der Waals surface area contributed by atoms with Gasteiger partial charge < -0.3 is 0 Å². The molecule has 0 spiro atoms. The van der Waals surface area contributed by atoms with Crippen molar-refractivity contribution < 1.29 is 0 Å². The third-order valence-corrected chi connectivity index (χ3v) is 2.41. The molecule has 2 aromatic heterocycles. The van der Waals surface area contributed by atoms with E-state index in [9.17, 15) is 0 Å². The van der Waals surface area contributed by atoms with E-state index in [1.807, 2.05) is 12.1 Å². The van der Waals surface area contributed by atoms with Crippen LogP contribution in [0.5, 0.6) is 0 Å². The van der Waals surface area contributed by atoms with E-state index < -0.39 is 0 Å². The van der Waals surface area contributed by atoms with Gasteiger partial charge in [-0.3, -0.25) is 10.1 Å². The summed E-state index contributed by atoms with van der Waals surface area (Å²) in [6.45, 7) is 5.88. The number of aromatic amines is 1. The van der Waals surface area contributed by atoms with Crippen molar-refractivity contribution in [2.45, 2.75) is 13.3 Å².